The van der Waals surface area contributed by atoms with Crippen LogP contribution in [-0.4, -0.2) is 0 Å². The molecule has 7 aromatic rings. The third-order valence-corrected chi connectivity index (χ3v) is 9.63. The summed E-state index contributed by atoms with van der Waals surface area (Å²) >= 11 is 0. The van der Waals surface area contributed by atoms with Gasteiger partial charge in [0.15, 0.2) is 0 Å². The molecule has 3 nitrogen and oxygen atoms in total. The third-order valence-electron chi connectivity index (χ3n) is 9.63. The van der Waals surface area contributed by atoms with Crippen LogP contribution in [0, 0.1) is 0 Å². The molecule has 0 aromatic heterocycles. The fourth-order valence-electron chi connectivity index (χ4n) is 7.18. The number of rotatable bonds is 9. The number of benzene rings is 7. The monoisotopic (exact) mass is 691 g/mol. The van der Waals surface area contributed by atoms with Gasteiger partial charge >= 0.3 is 0 Å². The molecule has 0 aliphatic carbocycles. The van der Waals surface area contributed by atoms with E-state index in [1.165, 1.54) is 11.1 Å². The number of para-hydroxylation sites is 6. The summed E-state index contributed by atoms with van der Waals surface area (Å²) in [6.07, 6.45) is 0. The second kappa shape index (κ2) is 14.9. The summed E-state index contributed by atoms with van der Waals surface area (Å²) in [6, 6.07) is 67.6. The van der Waals surface area contributed by atoms with Gasteiger partial charge in [0.05, 0.1) is 17.1 Å². The van der Waals surface area contributed by atoms with Gasteiger partial charge in [-0.1, -0.05) is 151 Å². The van der Waals surface area contributed by atoms with Gasteiger partial charge in [-0.2, -0.15) is 0 Å². The van der Waals surface area contributed by atoms with Gasteiger partial charge in [0, 0.05) is 34.1 Å². The fraction of sp³-hybridized carbons (Fsp3) is 0.160. The Balaban J connectivity index is 1.60. The molecule has 0 spiro atoms. The molecule has 0 saturated heterocycles. The van der Waals surface area contributed by atoms with Crippen LogP contribution in [0.2, 0.25) is 0 Å². The maximum atomic E-state index is 2.50. The van der Waals surface area contributed by atoms with Crippen LogP contribution in [0.3, 0.4) is 0 Å². The fourth-order valence-corrected chi connectivity index (χ4v) is 7.18. The van der Waals surface area contributed by atoms with Crippen LogP contribution < -0.4 is 14.7 Å². The molecule has 0 unspecified atom stereocenters. The summed E-state index contributed by atoms with van der Waals surface area (Å²) in [5, 5.41) is 0. The van der Waals surface area contributed by atoms with Crippen molar-refractivity contribution < 1.29 is 0 Å². The van der Waals surface area contributed by atoms with Crippen molar-refractivity contribution in [2.75, 3.05) is 14.7 Å². The van der Waals surface area contributed by atoms with Gasteiger partial charge in [-0.3, -0.25) is 0 Å². The maximum absolute atomic E-state index is 2.50. The lowest BCUT2D eigenvalue weighted by Crippen LogP contribution is -2.23. The van der Waals surface area contributed by atoms with Gasteiger partial charge in [0.25, 0.3) is 0 Å². The van der Waals surface area contributed by atoms with E-state index >= 15 is 0 Å². The average Bonchev–Trinajstić information content (AvgIpc) is 3.17. The van der Waals surface area contributed by atoms with Crippen LogP contribution in [0.25, 0.3) is 0 Å². The maximum Gasteiger partial charge on any atom is 0.0503 e. The predicted molar refractivity (Wildman–Crippen MR) is 228 cm³/mol. The van der Waals surface area contributed by atoms with Gasteiger partial charge in [0.2, 0.25) is 0 Å². The Morgan fingerprint density at radius 3 is 0.792 bits per heavy atom. The van der Waals surface area contributed by atoms with E-state index < -0.39 is 0 Å². The number of hydrogen-bond acceptors (Lipinski definition) is 3. The van der Waals surface area contributed by atoms with E-state index in [4.69, 9.17) is 0 Å². The van der Waals surface area contributed by atoms with Crippen LogP contribution >= 0.6 is 0 Å². The van der Waals surface area contributed by atoms with Gasteiger partial charge in [-0.25, -0.2) is 0 Å². The van der Waals surface area contributed by atoms with E-state index in [0.29, 0.717) is 0 Å². The Morgan fingerprint density at radius 1 is 0.264 bits per heavy atom. The topological polar surface area (TPSA) is 9.72 Å². The molecule has 0 bridgehead atoms. The molecule has 0 aliphatic rings. The first-order chi connectivity index (χ1) is 25.6. The van der Waals surface area contributed by atoms with E-state index in [-0.39, 0.29) is 10.8 Å². The molecule has 0 radical (unpaired) electrons. The van der Waals surface area contributed by atoms with Crippen LogP contribution in [0.15, 0.2) is 188 Å². The van der Waals surface area contributed by atoms with Crippen molar-refractivity contribution in [3.63, 3.8) is 0 Å². The molecule has 0 N–H and O–H groups in total. The number of anilines is 9. The Labute approximate surface area is 316 Å². The Hall–Kier alpha value is -6.06. The van der Waals surface area contributed by atoms with Crippen molar-refractivity contribution >= 4 is 51.2 Å². The van der Waals surface area contributed by atoms with Crippen LogP contribution in [0.4, 0.5) is 51.2 Å². The molecule has 3 heteroatoms. The molecule has 53 heavy (non-hydrogen) atoms. The molecule has 7 rings (SSSR count). The first kappa shape index (κ1) is 35.3. The van der Waals surface area contributed by atoms with E-state index in [1.54, 1.807) is 0 Å². The first-order valence-corrected chi connectivity index (χ1v) is 18.5. The van der Waals surface area contributed by atoms with E-state index in [0.717, 1.165) is 51.2 Å². The number of hydrogen-bond donors (Lipinski definition) is 0. The van der Waals surface area contributed by atoms with Gasteiger partial charge in [-0.15, -0.1) is 0 Å². The molecule has 264 valence electrons. The van der Waals surface area contributed by atoms with Crippen molar-refractivity contribution in [2.24, 2.45) is 0 Å². The molecule has 7 aromatic carbocycles. The van der Waals surface area contributed by atoms with Crippen molar-refractivity contribution in [1.82, 2.24) is 0 Å². The Morgan fingerprint density at radius 2 is 0.509 bits per heavy atom. The van der Waals surface area contributed by atoms with Crippen LogP contribution in [0.5, 0.6) is 0 Å². The summed E-state index contributed by atoms with van der Waals surface area (Å²) in [4.78, 5) is 7.23. The average molecular weight is 692 g/mol. The zero-order valence-corrected chi connectivity index (χ0v) is 31.7. The molecule has 0 aliphatic heterocycles. The minimum absolute atomic E-state index is 0.105. The van der Waals surface area contributed by atoms with Crippen molar-refractivity contribution in [1.29, 1.82) is 0 Å². The number of nitrogens with zero attached hydrogens (tertiary/aromatic N) is 3. The van der Waals surface area contributed by atoms with Crippen molar-refractivity contribution in [2.45, 2.75) is 52.4 Å². The van der Waals surface area contributed by atoms with Crippen LogP contribution in [-0.2, 0) is 10.8 Å². The normalized spacial score (nSPS) is 11.6. The van der Waals surface area contributed by atoms with E-state index in [1.807, 2.05) is 0 Å². The summed E-state index contributed by atoms with van der Waals surface area (Å²) in [7, 11) is 0. The Kier molecular flexibility index (Phi) is 9.93. The summed E-state index contributed by atoms with van der Waals surface area (Å²) < 4.78 is 0. The second-order valence-corrected chi connectivity index (χ2v) is 15.6. The summed E-state index contributed by atoms with van der Waals surface area (Å²) in [5.74, 6) is 0. The lowest BCUT2D eigenvalue weighted by atomic mass is 9.83. The molecular formula is C50H49N3. The zero-order chi connectivity index (χ0) is 37.0. The molecule has 0 amide bonds. The minimum atomic E-state index is -0.105. The van der Waals surface area contributed by atoms with E-state index in [2.05, 4.69) is 244 Å². The minimum Gasteiger partial charge on any atom is -0.310 e. The smallest absolute Gasteiger partial charge is 0.0503 e. The van der Waals surface area contributed by atoms with E-state index in [9.17, 15) is 0 Å². The Bertz CT molecular complexity index is 2010. The largest absolute Gasteiger partial charge is 0.310 e. The summed E-state index contributed by atoms with van der Waals surface area (Å²) in [5.41, 5.74) is 12.2. The lowest BCUT2D eigenvalue weighted by molar-refractivity contribution is 0.587. The second-order valence-electron chi connectivity index (χ2n) is 15.6. The highest BCUT2D eigenvalue weighted by molar-refractivity contribution is 5.90. The summed E-state index contributed by atoms with van der Waals surface area (Å²) in [6.45, 7) is 13.8. The molecule has 0 atom stereocenters. The van der Waals surface area contributed by atoms with Gasteiger partial charge < -0.3 is 14.7 Å². The zero-order valence-electron chi connectivity index (χ0n) is 31.7. The van der Waals surface area contributed by atoms with Crippen molar-refractivity contribution in [3.8, 4) is 0 Å². The van der Waals surface area contributed by atoms with Gasteiger partial charge in [-0.05, 0) is 101 Å². The first-order valence-electron chi connectivity index (χ1n) is 18.5. The predicted octanol–water partition coefficient (Wildman–Crippen LogP) is 14.7. The standard InChI is InChI=1S/C50H49N3/c1-49(2,3)45-31-19-21-33-47(45)53(48-34-22-20-32-46(48)50(4,5)6)44-36-42(51(38-23-11-7-12-24-38)39-25-13-8-14-26-39)35-43(37-44)52(40-27-15-9-16-28-40)41-29-17-10-18-30-41/h7-37H,1-6H3. The lowest BCUT2D eigenvalue weighted by Gasteiger charge is -2.37. The highest BCUT2D eigenvalue weighted by Gasteiger charge is 2.29. The molecule has 0 saturated carbocycles. The molecular weight excluding hydrogens is 643 g/mol. The highest BCUT2D eigenvalue weighted by Crippen LogP contribution is 2.49. The van der Waals surface area contributed by atoms with Crippen LogP contribution in [0.1, 0.15) is 52.7 Å². The molecule has 0 fully saturated rings. The quantitative estimate of drug-likeness (QED) is 0.149. The highest BCUT2D eigenvalue weighted by atomic mass is 15.2. The molecule has 0 heterocycles. The van der Waals surface area contributed by atoms with Crippen molar-refractivity contribution in [3.05, 3.63) is 199 Å². The third kappa shape index (κ3) is 7.61. The van der Waals surface area contributed by atoms with Gasteiger partial charge in [0.1, 0.15) is 0 Å². The SMILES string of the molecule is CC(C)(C)c1ccccc1N(c1cc(N(c2ccccc2)c2ccccc2)cc(N(c2ccccc2)c2ccccc2)c1)c1ccccc1C(C)(C)C.